The van der Waals surface area contributed by atoms with Crippen LogP contribution in [0.25, 0.3) is 11.3 Å². The molecule has 1 saturated heterocycles. The van der Waals surface area contributed by atoms with E-state index in [4.69, 9.17) is 9.72 Å². The average Bonchev–Trinajstić information content (AvgIpc) is 2.76. The molecule has 1 fully saturated rings. The minimum Gasteiger partial charge on any atom is -0.370 e. The first-order chi connectivity index (χ1) is 14.3. The highest BCUT2D eigenvalue weighted by atomic mass is 32.2. The van der Waals surface area contributed by atoms with Gasteiger partial charge in [-0.15, -0.1) is 0 Å². The Balaban J connectivity index is 1.63. The van der Waals surface area contributed by atoms with E-state index in [9.17, 15) is 13.2 Å². The van der Waals surface area contributed by atoms with E-state index in [0.717, 1.165) is 11.1 Å². The summed E-state index contributed by atoms with van der Waals surface area (Å²) in [7, 11) is -1.55. The zero-order valence-corrected chi connectivity index (χ0v) is 17.5. The molecule has 0 radical (unpaired) electrons. The molecule has 0 aliphatic carbocycles. The molecule has 3 aromatic rings. The summed E-state index contributed by atoms with van der Waals surface area (Å²) in [6.07, 6.45) is 4.26. The van der Waals surface area contributed by atoms with Crippen LogP contribution in [0.4, 0.5) is 5.95 Å². The zero-order chi connectivity index (χ0) is 21.3. The molecular formula is C21H22N4O4S. The number of hydrogen-bond donors (Lipinski definition) is 0. The molecule has 0 spiro atoms. The van der Waals surface area contributed by atoms with Crippen molar-refractivity contribution in [1.82, 2.24) is 14.5 Å². The van der Waals surface area contributed by atoms with Gasteiger partial charge in [0.15, 0.2) is 9.84 Å². The SMILES string of the molecule is Cn1c(N2CCOC(c3ccc(S(C)(=O)=O)cc3)C2)nc(-c2ccncc2)cc1=O. The normalized spacial score (nSPS) is 17.1. The largest absolute Gasteiger partial charge is 0.370 e. The molecule has 1 unspecified atom stereocenters. The molecule has 8 nitrogen and oxygen atoms in total. The second kappa shape index (κ2) is 8.00. The quantitative estimate of drug-likeness (QED) is 0.628. The van der Waals surface area contributed by atoms with Crippen LogP contribution >= 0.6 is 0 Å². The number of aromatic nitrogens is 3. The van der Waals surface area contributed by atoms with Crippen LogP contribution in [-0.4, -0.2) is 48.9 Å². The lowest BCUT2D eigenvalue weighted by molar-refractivity contribution is 0.0389. The van der Waals surface area contributed by atoms with Crippen LogP contribution in [-0.2, 0) is 21.6 Å². The van der Waals surface area contributed by atoms with Gasteiger partial charge in [-0.05, 0) is 29.8 Å². The summed E-state index contributed by atoms with van der Waals surface area (Å²) in [4.78, 5) is 23.6. The van der Waals surface area contributed by atoms with Crippen molar-refractivity contribution in [1.29, 1.82) is 0 Å². The van der Waals surface area contributed by atoms with E-state index >= 15 is 0 Å². The van der Waals surface area contributed by atoms with Gasteiger partial charge in [-0.3, -0.25) is 14.3 Å². The molecule has 9 heteroatoms. The second-order valence-corrected chi connectivity index (χ2v) is 9.24. The summed E-state index contributed by atoms with van der Waals surface area (Å²) in [5.74, 6) is 0.565. The number of pyridine rings is 1. The molecule has 0 bridgehead atoms. The molecule has 0 amide bonds. The lowest BCUT2D eigenvalue weighted by Crippen LogP contribution is -2.41. The Kier molecular flexibility index (Phi) is 5.40. The van der Waals surface area contributed by atoms with Gasteiger partial charge in [0.1, 0.15) is 6.10 Å². The first-order valence-electron chi connectivity index (χ1n) is 9.48. The fourth-order valence-corrected chi connectivity index (χ4v) is 4.07. The van der Waals surface area contributed by atoms with E-state index in [-0.39, 0.29) is 16.6 Å². The standard InChI is InChI=1S/C21H22N4O4S/c1-24-20(26)13-18(15-7-9-22-10-8-15)23-21(24)25-11-12-29-19(14-25)16-3-5-17(6-4-16)30(2,27)28/h3-10,13,19H,11-12,14H2,1-2H3. The van der Waals surface area contributed by atoms with Crippen molar-refractivity contribution in [3.05, 3.63) is 70.8 Å². The van der Waals surface area contributed by atoms with Crippen LogP contribution < -0.4 is 10.5 Å². The maximum Gasteiger partial charge on any atom is 0.255 e. The summed E-state index contributed by atoms with van der Waals surface area (Å²) in [5, 5.41) is 0. The predicted molar refractivity (Wildman–Crippen MR) is 113 cm³/mol. The average molecular weight is 426 g/mol. The minimum atomic E-state index is -3.25. The molecule has 1 atom stereocenters. The Labute approximate surface area is 174 Å². The number of benzene rings is 1. The number of sulfone groups is 1. The van der Waals surface area contributed by atoms with Crippen molar-refractivity contribution >= 4 is 15.8 Å². The number of anilines is 1. The van der Waals surface area contributed by atoms with Crippen molar-refractivity contribution < 1.29 is 13.2 Å². The van der Waals surface area contributed by atoms with Gasteiger partial charge >= 0.3 is 0 Å². The van der Waals surface area contributed by atoms with Gasteiger partial charge in [0.2, 0.25) is 5.95 Å². The highest BCUT2D eigenvalue weighted by Gasteiger charge is 2.25. The van der Waals surface area contributed by atoms with Crippen LogP contribution in [0.1, 0.15) is 11.7 Å². The predicted octanol–water partition coefficient (Wildman–Crippen LogP) is 1.82. The molecule has 30 heavy (non-hydrogen) atoms. The van der Waals surface area contributed by atoms with E-state index < -0.39 is 9.84 Å². The highest BCUT2D eigenvalue weighted by Crippen LogP contribution is 2.26. The number of rotatable bonds is 4. The monoisotopic (exact) mass is 426 g/mol. The summed E-state index contributed by atoms with van der Waals surface area (Å²) in [5.41, 5.74) is 2.15. The molecule has 4 rings (SSSR count). The maximum absolute atomic E-state index is 12.6. The Bertz CT molecular complexity index is 1210. The van der Waals surface area contributed by atoms with Crippen molar-refractivity contribution in [2.45, 2.75) is 11.0 Å². The van der Waals surface area contributed by atoms with E-state index in [0.29, 0.717) is 31.3 Å². The number of hydrogen-bond acceptors (Lipinski definition) is 7. The number of ether oxygens (including phenoxy) is 1. The van der Waals surface area contributed by atoms with Crippen molar-refractivity contribution in [2.75, 3.05) is 30.9 Å². The third kappa shape index (κ3) is 4.12. The summed E-state index contributed by atoms with van der Waals surface area (Å²) in [6.45, 7) is 1.56. The van der Waals surface area contributed by atoms with Gasteiger partial charge in [0, 0.05) is 43.9 Å². The van der Waals surface area contributed by atoms with E-state index in [1.54, 1.807) is 43.7 Å². The first-order valence-corrected chi connectivity index (χ1v) is 11.4. The van der Waals surface area contributed by atoms with Crippen molar-refractivity contribution in [2.24, 2.45) is 7.05 Å². The highest BCUT2D eigenvalue weighted by molar-refractivity contribution is 7.90. The second-order valence-electron chi connectivity index (χ2n) is 7.22. The molecular weight excluding hydrogens is 404 g/mol. The zero-order valence-electron chi connectivity index (χ0n) is 16.7. The van der Waals surface area contributed by atoms with Crippen molar-refractivity contribution in [3.8, 4) is 11.3 Å². The number of morpholine rings is 1. The Morgan fingerprint density at radius 1 is 1.10 bits per heavy atom. The van der Waals surface area contributed by atoms with Crippen LogP contribution in [0.5, 0.6) is 0 Å². The molecule has 1 aliphatic rings. The molecule has 0 saturated carbocycles. The molecule has 2 aromatic heterocycles. The molecule has 156 valence electrons. The Morgan fingerprint density at radius 3 is 2.47 bits per heavy atom. The molecule has 3 heterocycles. The van der Waals surface area contributed by atoms with Gasteiger partial charge < -0.3 is 9.64 Å². The molecule has 1 aliphatic heterocycles. The Morgan fingerprint density at radius 2 is 1.80 bits per heavy atom. The van der Waals surface area contributed by atoms with Crippen LogP contribution in [0.15, 0.2) is 64.5 Å². The maximum atomic E-state index is 12.6. The van der Waals surface area contributed by atoms with Gasteiger partial charge in [-0.25, -0.2) is 13.4 Å². The molecule has 0 N–H and O–H groups in total. The first kappa shape index (κ1) is 20.2. The summed E-state index contributed by atoms with van der Waals surface area (Å²) in [6, 6.07) is 11.9. The Hall–Kier alpha value is -3.04. The molecule has 1 aromatic carbocycles. The summed E-state index contributed by atoms with van der Waals surface area (Å²) < 4.78 is 30.8. The van der Waals surface area contributed by atoms with Crippen LogP contribution in [0, 0.1) is 0 Å². The van der Waals surface area contributed by atoms with Gasteiger partial charge in [0.25, 0.3) is 5.56 Å². The van der Waals surface area contributed by atoms with E-state index in [2.05, 4.69) is 4.98 Å². The smallest absolute Gasteiger partial charge is 0.255 e. The van der Waals surface area contributed by atoms with E-state index in [1.165, 1.54) is 16.9 Å². The third-order valence-corrected chi connectivity index (χ3v) is 6.25. The lowest BCUT2D eigenvalue weighted by Gasteiger charge is -2.34. The number of nitrogens with zero attached hydrogens (tertiary/aromatic N) is 4. The van der Waals surface area contributed by atoms with Gasteiger partial charge in [-0.1, -0.05) is 12.1 Å². The van der Waals surface area contributed by atoms with Crippen LogP contribution in [0.3, 0.4) is 0 Å². The lowest BCUT2D eigenvalue weighted by atomic mass is 10.1. The minimum absolute atomic E-state index is 0.146. The topological polar surface area (TPSA) is 94.4 Å². The summed E-state index contributed by atoms with van der Waals surface area (Å²) >= 11 is 0. The van der Waals surface area contributed by atoms with E-state index in [1.807, 2.05) is 17.0 Å². The fourth-order valence-electron chi connectivity index (χ4n) is 3.44. The third-order valence-electron chi connectivity index (χ3n) is 5.12. The van der Waals surface area contributed by atoms with Gasteiger partial charge in [-0.2, -0.15) is 0 Å². The van der Waals surface area contributed by atoms with Gasteiger partial charge in [0.05, 0.1) is 23.7 Å². The fraction of sp³-hybridized carbons (Fsp3) is 0.286. The van der Waals surface area contributed by atoms with Crippen molar-refractivity contribution in [3.63, 3.8) is 0 Å². The van der Waals surface area contributed by atoms with Crippen LogP contribution in [0.2, 0.25) is 0 Å².